The van der Waals surface area contributed by atoms with Crippen molar-refractivity contribution in [3.05, 3.63) is 81.3 Å². The molecule has 0 unspecified atom stereocenters. The summed E-state index contributed by atoms with van der Waals surface area (Å²) in [5, 5.41) is 2.41. The van der Waals surface area contributed by atoms with Crippen molar-refractivity contribution >= 4 is 33.5 Å². The van der Waals surface area contributed by atoms with Crippen molar-refractivity contribution in [2.24, 2.45) is 7.05 Å². The quantitative estimate of drug-likeness (QED) is 0.508. The molecule has 0 N–H and O–H groups in total. The fraction of sp³-hybridized carbons (Fsp3) is 0.105. The Hall–Kier alpha value is -2.52. The van der Waals surface area contributed by atoms with Crippen LogP contribution in [0.4, 0.5) is 0 Å². The average Bonchev–Trinajstić information content (AvgIpc) is 2.85. The Bertz CT molecular complexity index is 1080. The first-order valence-electron chi connectivity index (χ1n) is 7.37. The Morgan fingerprint density at radius 1 is 1.13 bits per heavy atom. The Morgan fingerprint density at radius 2 is 1.91 bits per heavy atom. The van der Waals surface area contributed by atoms with Gasteiger partial charge in [-0.05, 0) is 29.7 Å². The van der Waals surface area contributed by atoms with Gasteiger partial charge in [0.25, 0.3) is 0 Å². The van der Waals surface area contributed by atoms with Crippen LogP contribution >= 0.6 is 11.6 Å². The number of nitrogens with zero attached hydrogens (tertiary/aromatic N) is 1. The Kier molecular flexibility index (Phi) is 3.24. The van der Waals surface area contributed by atoms with E-state index in [2.05, 4.69) is 12.1 Å². The standard InChI is InChI=1S/C19H14ClNO2/c1-21-11-13(9-12-5-3-2-4-6-12)17-15-8-7-14(20)10-16(15)23-19(22)18(17)21/h2-8,10-11H,9H2,1H3. The van der Waals surface area contributed by atoms with Crippen molar-refractivity contribution in [2.75, 3.05) is 0 Å². The predicted molar refractivity (Wildman–Crippen MR) is 93.2 cm³/mol. The summed E-state index contributed by atoms with van der Waals surface area (Å²) in [4.78, 5) is 12.4. The lowest BCUT2D eigenvalue weighted by Crippen LogP contribution is -2.03. The summed E-state index contributed by atoms with van der Waals surface area (Å²) in [6.07, 6.45) is 2.77. The van der Waals surface area contributed by atoms with Crippen molar-refractivity contribution in [3.8, 4) is 0 Å². The van der Waals surface area contributed by atoms with E-state index in [1.54, 1.807) is 6.07 Å². The first-order valence-corrected chi connectivity index (χ1v) is 7.75. The third-order valence-electron chi connectivity index (χ3n) is 4.11. The van der Waals surface area contributed by atoms with Gasteiger partial charge in [0.2, 0.25) is 0 Å². The van der Waals surface area contributed by atoms with Gasteiger partial charge in [-0.1, -0.05) is 41.9 Å². The number of fused-ring (bicyclic) bond motifs is 3. The van der Waals surface area contributed by atoms with Crippen molar-refractivity contribution in [1.29, 1.82) is 0 Å². The lowest BCUT2D eigenvalue weighted by Gasteiger charge is -2.03. The highest BCUT2D eigenvalue weighted by Crippen LogP contribution is 2.30. The minimum atomic E-state index is -0.337. The van der Waals surface area contributed by atoms with Gasteiger partial charge >= 0.3 is 5.63 Å². The second kappa shape index (κ2) is 5.28. The van der Waals surface area contributed by atoms with Gasteiger partial charge < -0.3 is 8.98 Å². The molecule has 3 nitrogen and oxygen atoms in total. The van der Waals surface area contributed by atoms with Crippen LogP contribution in [-0.2, 0) is 13.5 Å². The first kappa shape index (κ1) is 14.1. The number of aromatic nitrogens is 1. The Balaban J connectivity index is 2.05. The van der Waals surface area contributed by atoms with Crippen molar-refractivity contribution in [2.45, 2.75) is 6.42 Å². The molecule has 114 valence electrons. The summed E-state index contributed by atoms with van der Waals surface area (Å²) < 4.78 is 7.28. The van der Waals surface area contributed by atoms with Gasteiger partial charge in [0.1, 0.15) is 11.1 Å². The van der Waals surface area contributed by atoms with Crippen LogP contribution in [0.25, 0.3) is 21.9 Å². The molecule has 0 saturated heterocycles. The highest BCUT2D eigenvalue weighted by molar-refractivity contribution is 6.31. The zero-order chi connectivity index (χ0) is 16.0. The molecular weight excluding hydrogens is 310 g/mol. The zero-order valence-electron chi connectivity index (χ0n) is 12.5. The molecule has 0 atom stereocenters. The second-order valence-electron chi connectivity index (χ2n) is 5.68. The molecule has 0 fully saturated rings. The number of hydrogen-bond donors (Lipinski definition) is 0. The fourth-order valence-electron chi connectivity index (χ4n) is 3.12. The van der Waals surface area contributed by atoms with Crippen molar-refractivity contribution in [3.63, 3.8) is 0 Å². The van der Waals surface area contributed by atoms with Crippen LogP contribution in [0.3, 0.4) is 0 Å². The lowest BCUT2D eigenvalue weighted by atomic mass is 10.0. The predicted octanol–water partition coefficient (Wildman–Crippen LogP) is 4.53. The fourth-order valence-corrected chi connectivity index (χ4v) is 3.29. The van der Waals surface area contributed by atoms with Crippen LogP contribution in [0.2, 0.25) is 5.02 Å². The summed E-state index contributed by atoms with van der Waals surface area (Å²) in [6, 6.07) is 15.6. The largest absolute Gasteiger partial charge is 0.421 e. The molecule has 0 radical (unpaired) electrons. The third kappa shape index (κ3) is 2.34. The van der Waals surface area contributed by atoms with Gasteiger partial charge in [0.05, 0.1) is 0 Å². The Labute approximate surface area is 137 Å². The Morgan fingerprint density at radius 3 is 2.70 bits per heavy atom. The average molecular weight is 324 g/mol. The highest BCUT2D eigenvalue weighted by Gasteiger charge is 2.16. The van der Waals surface area contributed by atoms with E-state index in [9.17, 15) is 4.79 Å². The van der Waals surface area contributed by atoms with E-state index in [4.69, 9.17) is 16.0 Å². The van der Waals surface area contributed by atoms with E-state index in [0.717, 1.165) is 22.8 Å². The maximum Gasteiger partial charge on any atom is 0.361 e. The van der Waals surface area contributed by atoms with Crippen molar-refractivity contribution in [1.82, 2.24) is 4.57 Å². The SMILES string of the molecule is Cn1cc(Cc2ccccc2)c2c3ccc(Cl)cc3oc(=O)c21. The maximum absolute atomic E-state index is 12.4. The minimum Gasteiger partial charge on any atom is -0.421 e. The maximum atomic E-state index is 12.4. The molecule has 2 aromatic heterocycles. The zero-order valence-corrected chi connectivity index (χ0v) is 13.3. The molecule has 0 aliphatic carbocycles. The smallest absolute Gasteiger partial charge is 0.361 e. The summed E-state index contributed by atoms with van der Waals surface area (Å²) in [7, 11) is 1.87. The molecule has 23 heavy (non-hydrogen) atoms. The van der Waals surface area contributed by atoms with Gasteiger partial charge in [-0.3, -0.25) is 0 Å². The molecule has 0 amide bonds. The normalized spacial score (nSPS) is 11.4. The summed E-state index contributed by atoms with van der Waals surface area (Å²) in [6.45, 7) is 0. The van der Waals surface area contributed by atoms with Crippen LogP contribution in [0.1, 0.15) is 11.1 Å². The first-order chi connectivity index (χ1) is 11.1. The van der Waals surface area contributed by atoms with E-state index in [1.807, 2.05) is 48.1 Å². The van der Waals surface area contributed by atoms with Gasteiger partial charge in [0.15, 0.2) is 0 Å². The van der Waals surface area contributed by atoms with Gasteiger partial charge in [-0.25, -0.2) is 4.79 Å². The number of aryl methyl sites for hydroxylation is 1. The van der Waals surface area contributed by atoms with E-state index in [0.29, 0.717) is 16.1 Å². The molecule has 0 aliphatic rings. The molecule has 4 aromatic rings. The molecule has 2 aromatic carbocycles. The van der Waals surface area contributed by atoms with Crippen LogP contribution in [-0.4, -0.2) is 4.57 Å². The molecular formula is C19H14ClNO2. The topological polar surface area (TPSA) is 35.1 Å². The van der Waals surface area contributed by atoms with Gasteiger partial charge in [-0.15, -0.1) is 0 Å². The van der Waals surface area contributed by atoms with E-state index < -0.39 is 0 Å². The number of rotatable bonds is 2. The van der Waals surface area contributed by atoms with E-state index in [-0.39, 0.29) is 5.63 Å². The van der Waals surface area contributed by atoms with E-state index >= 15 is 0 Å². The van der Waals surface area contributed by atoms with Gasteiger partial charge in [0, 0.05) is 35.1 Å². The monoisotopic (exact) mass is 323 g/mol. The summed E-state index contributed by atoms with van der Waals surface area (Å²) in [5.74, 6) is 0. The summed E-state index contributed by atoms with van der Waals surface area (Å²) >= 11 is 6.03. The molecule has 0 saturated carbocycles. The van der Waals surface area contributed by atoms with Gasteiger partial charge in [-0.2, -0.15) is 0 Å². The van der Waals surface area contributed by atoms with Crippen LogP contribution in [0.5, 0.6) is 0 Å². The lowest BCUT2D eigenvalue weighted by molar-refractivity contribution is 0.565. The molecule has 4 heteroatoms. The molecule has 2 heterocycles. The molecule has 4 rings (SSSR count). The molecule has 0 bridgehead atoms. The highest BCUT2D eigenvalue weighted by atomic mass is 35.5. The van der Waals surface area contributed by atoms with Crippen LogP contribution in [0, 0.1) is 0 Å². The van der Waals surface area contributed by atoms with Crippen molar-refractivity contribution < 1.29 is 4.42 Å². The minimum absolute atomic E-state index is 0.337. The van der Waals surface area contributed by atoms with Crippen LogP contribution in [0.15, 0.2) is 63.9 Å². The van der Waals surface area contributed by atoms with E-state index in [1.165, 1.54) is 5.56 Å². The summed E-state index contributed by atoms with van der Waals surface area (Å²) in [5.41, 5.74) is 3.09. The van der Waals surface area contributed by atoms with Crippen LogP contribution < -0.4 is 5.63 Å². The molecule has 0 spiro atoms. The molecule has 0 aliphatic heterocycles. The number of benzene rings is 2. The third-order valence-corrected chi connectivity index (χ3v) is 4.34. The number of hydrogen-bond acceptors (Lipinski definition) is 2. The number of halogens is 1. The second-order valence-corrected chi connectivity index (χ2v) is 6.12.